The number of aromatic nitrogens is 1. The Hall–Kier alpha value is -1.51. The lowest BCUT2D eigenvalue weighted by molar-refractivity contribution is 0.102. The SMILES string of the molecule is Cn1ccc2c1CC/C(=C\N1CCCC1)C2=O. The van der Waals surface area contributed by atoms with Crippen LogP contribution in [0.15, 0.2) is 24.0 Å². The van der Waals surface area contributed by atoms with Gasteiger partial charge in [-0.1, -0.05) is 0 Å². The van der Waals surface area contributed by atoms with Crippen LogP contribution in [0.3, 0.4) is 0 Å². The molecule has 1 aromatic rings. The van der Waals surface area contributed by atoms with E-state index in [0.717, 1.165) is 37.1 Å². The Kier molecular flexibility index (Phi) is 2.54. The molecule has 17 heavy (non-hydrogen) atoms. The molecule has 1 aliphatic carbocycles. The number of likely N-dealkylation sites (tertiary alicyclic amines) is 1. The fourth-order valence-corrected chi connectivity index (χ4v) is 2.83. The third-order valence-corrected chi connectivity index (χ3v) is 3.85. The average molecular weight is 230 g/mol. The normalized spacial score (nSPS) is 22.3. The van der Waals surface area contributed by atoms with Crippen LogP contribution in [0.5, 0.6) is 0 Å². The molecule has 0 amide bonds. The number of ketones is 1. The van der Waals surface area contributed by atoms with Crippen LogP contribution in [0.25, 0.3) is 0 Å². The minimum Gasteiger partial charge on any atom is -0.377 e. The van der Waals surface area contributed by atoms with Crippen LogP contribution in [-0.2, 0) is 13.5 Å². The number of carbonyl (C=O) groups is 1. The van der Waals surface area contributed by atoms with Gasteiger partial charge in [0.1, 0.15) is 0 Å². The van der Waals surface area contributed by atoms with Gasteiger partial charge in [0.25, 0.3) is 0 Å². The fraction of sp³-hybridized carbons (Fsp3) is 0.500. The fourth-order valence-electron chi connectivity index (χ4n) is 2.83. The van der Waals surface area contributed by atoms with E-state index >= 15 is 0 Å². The summed E-state index contributed by atoms with van der Waals surface area (Å²) in [5, 5.41) is 0. The number of aryl methyl sites for hydroxylation is 1. The topological polar surface area (TPSA) is 25.2 Å². The molecule has 0 bridgehead atoms. The molecule has 0 N–H and O–H groups in total. The molecule has 2 aliphatic rings. The molecule has 2 heterocycles. The molecule has 3 rings (SSSR count). The van der Waals surface area contributed by atoms with Crippen LogP contribution in [0.4, 0.5) is 0 Å². The minimum atomic E-state index is 0.235. The second-order valence-corrected chi connectivity index (χ2v) is 5.01. The van der Waals surface area contributed by atoms with E-state index in [1.807, 2.05) is 19.3 Å². The third-order valence-electron chi connectivity index (χ3n) is 3.85. The highest BCUT2D eigenvalue weighted by Gasteiger charge is 2.24. The first-order valence-electron chi connectivity index (χ1n) is 6.39. The number of carbonyl (C=O) groups excluding carboxylic acids is 1. The summed E-state index contributed by atoms with van der Waals surface area (Å²) in [5.41, 5.74) is 3.09. The maximum Gasteiger partial charge on any atom is 0.192 e. The third kappa shape index (κ3) is 1.79. The summed E-state index contributed by atoms with van der Waals surface area (Å²) >= 11 is 0. The number of Topliss-reactive ketones (excluding diaryl/α,β-unsaturated/α-hetero) is 1. The van der Waals surface area contributed by atoms with Crippen molar-refractivity contribution < 1.29 is 4.79 Å². The van der Waals surface area contributed by atoms with Crippen molar-refractivity contribution in [2.24, 2.45) is 7.05 Å². The van der Waals surface area contributed by atoms with Gasteiger partial charge in [-0.15, -0.1) is 0 Å². The van der Waals surface area contributed by atoms with Crippen LogP contribution in [0.2, 0.25) is 0 Å². The summed E-state index contributed by atoms with van der Waals surface area (Å²) in [4.78, 5) is 14.6. The second-order valence-electron chi connectivity index (χ2n) is 5.01. The van der Waals surface area contributed by atoms with Crippen LogP contribution in [0, 0.1) is 0 Å². The number of rotatable bonds is 1. The Morgan fingerprint density at radius 1 is 1.24 bits per heavy atom. The van der Waals surface area contributed by atoms with Crippen LogP contribution in [-0.4, -0.2) is 28.3 Å². The van der Waals surface area contributed by atoms with Crippen LogP contribution in [0.1, 0.15) is 35.3 Å². The largest absolute Gasteiger partial charge is 0.377 e. The van der Waals surface area contributed by atoms with Gasteiger partial charge in [0, 0.05) is 49.4 Å². The van der Waals surface area contributed by atoms with E-state index in [1.165, 1.54) is 18.5 Å². The number of hydrogen-bond donors (Lipinski definition) is 0. The van der Waals surface area contributed by atoms with Gasteiger partial charge >= 0.3 is 0 Å². The first kappa shape index (κ1) is 10.6. The van der Waals surface area contributed by atoms with Crippen molar-refractivity contribution >= 4 is 5.78 Å². The standard InChI is InChI=1S/C14H18N2O/c1-15-9-6-12-13(15)5-4-11(14(12)17)10-16-7-2-3-8-16/h6,9-10H,2-5,7-8H2,1H3/b11-10+. The number of nitrogens with zero attached hydrogens (tertiary/aromatic N) is 2. The van der Waals surface area contributed by atoms with Gasteiger partial charge in [-0.3, -0.25) is 4.79 Å². The van der Waals surface area contributed by atoms with E-state index in [1.54, 1.807) is 0 Å². The van der Waals surface area contributed by atoms with E-state index in [0.29, 0.717) is 0 Å². The lowest BCUT2D eigenvalue weighted by atomic mass is 9.92. The molecule has 1 fully saturated rings. The van der Waals surface area contributed by atoms with Crippen molar-refractivity contribution in [2.45, 2.75) is 25.7 Å². The average Bonchev–Trinajstić information content (AvgIpc) is 2.93. The van der Waals surface area contributed by atoms with E-state index in [-0.39, 0.29) is 5.78 Å². The van der Waals surface area contributed by atoms with Crippen molar-refractivity contribution in [3.8, 4) is 0 Å². The zero-order chi connectivity index (χ0) is 11.8. The monoisotopic (exact) mass is 230 g/mol. The molecule has 90 valence electrons. The van der Waals surface area contributed by atoms with Crippen LogP contribution >= 0.6 is 0 Å². The molecule has 0 saturated carbocycles. The van der Waals surface area contributed by atoms with Crippen molar-refractivity contribution in [1.29, 1.82) is 0 Å². The van der Waals surface area contributed by atoms with Gasteiger partial charge in [0.05, 0.1) is 0 Å². The number of hydrogen-bond acceptors (Lipinski definition) is 2. The molecule has 0 atom stereocenters. The van der Waals surface area contributed by atoms with Crippen LogP contribution < -0.4 is 0 Å². The van der Waals surface area contributed by atoms with Gasteiger partial charge in [-0.25, -0.2) is 0 Å². The maximum absolute atomic E-state index is 12.3. The number of allylic oxidation sites excluding steroid dienone is 1. The molecule has 0 spiro atoms. The molecule has 3 nitrogen and oxygen atoms in total. The number of fused-ring (bicyclic) bond motifs is 1. The zero-order valence-corrected chi connectivity index (χ0v) is 10.3. The summed E-state index contributed by atoms with van der Waals surface area (Å²) in [6.07, 6.45) is 8.49. The summed E-state index contributed by atoms with van der Waals surface area (Å²) in [6, 6.07) is 1.95. The smallest absolute Gasteiger partial charge is 0.192 e. The van der Waals surface area contributed by atoms with E-state index in [2.05, 4.69) is 15.7 Å². The van der Waals surface area contributed by atoms with E-state index < -0.39 is 0 Å². The Bertz CT molecular complexity index is 478. The second kappa shape index (κ2) is 4.06. The van der Waals surface area contributed by atoms with Crippen molar-refractivity contribution in [3.05, 3.63) is 35.3 Å². The van der Waals surface area contributed by atoms with Gasteiger partial charge in [0.15, 0.2) is 5.78 Å². The lowest BCUT2D eigenvalue weighted by Gasteiger charge is -2.19. The Labute approximate surface area is 102 Å². The highest BCUT2D eigenvalue weighted by molar-refractivity contribution is 6.10. The first-order chi connectivity index (χ1) is 8.25. The quantitative estimate of drug-likeness (QED) is 0.691. The predicted octanol–water partition coefficient (Wildman–Crippen LogP) is 2.13. The van der Waals surface area contributed by atoms with Crippen molar-refractivity contribution in [2.75, 3.05) is 13.1 Å². The Balaban J connectivity index is 1.88. The molecule has 3 heteroatoms. The van der Waals surface area contributed by atoms with E-state index in [4.69, 9.17) is 0 Å². The highest BCUT2D eigenvalue weighted by atomic mass is 16.1. The summed E-state index contributed by atoms with van der Waals surface area (Å²) in [7, 11) is 2.02. The Morgan fingerprint density at radius 2 is 2.00 bits per heavy atom. The van der Waals surface area contributed by atoms with Gasteiger partial charge in [0.2, 0.25) is 0 Å². The van der Waals surface area contributed by atoms with Crippen molar-refractivity contribution in [3.63, 3.8) is 0 Å². The molecular weight excluding hydrogens is 212 g/mol. The molecule has 0 radical (unpaired) electrons. The van der Waals surface area contributed by atoms with Gasteiger partial charge in [-0.2, -0.15) is 0 Å². The first-order valence-corrected chi connectivity index (χ1v) is 6.39. The zero-order valence-electron chi connectivity index (χ0n) is 10.3. The predicted molar refractivity (Wildman–Crippen MR) is 67.0 cm³/mol. The molecular formula is C14H18N2O. The lowest BCUT2D eigenvalue weighted by Crippen LogP contribution is -2.19. The maximum atomic E-state index is 12.3. The van der Waals surface area contributed by atoms with Gasteiger partial charge < -0.3 is 9.47 Å². The Morgan fingerprint density at radius 3 is 2.76 bits per heavy atom. The van der Waals surface area contributed by atoms with Gasteiger partial charge in [-0.05, 0) is 31.7 Å². The summed E-state index contributed by atoms with van der Waals surface area (Å²) < 4.78 is 2.07. The molecule has 0 unspecified atom stereocenters. The minimum absolute atomic E-state index is 0.235. The molecule has 1 aromatic heterocycles. The summed E-state index contributed by atoms with van der Waals surface area (Å²) in [5.74, 6) is 0.235. The molecule has 1 aliphatic heterocycles. The van der Waals surface area contributed by atoms with Crippen molar-refractivity contribution in [1.82, 2.24) is 9.47 Å². The summed E-state index contributed by atoms with van der Waals surface area (Å²) in [6.45, 7) is 2.22. The molecule has 1 saturated heterocycles. The van der Waals surface area contributed by atoms with E-state index in [9.17, 15) is 4.79 Å². The molecule has 0 aromatic carbocycles. The highest BCUT2D eigenvalue weighted by Crippen LogP contribution is 2.26.